The first-order valence-electron chi connectivity index (χ1n) is 5.91. The van der Waals surface area contributed by atoms with Crippen molar-refractivity contribution in [1.82, 2.24) is 0 Å². The van der Waals surface area contributed by atoms with Crippen LogP contribution in [0.5, 0.6) is 0 Å². The van der Waals surface area contributed by atoms with E-state index in [2.05, 4.69) is 25.7 Å². The Kier molecular flexibility index (Phi) is 4.82. The summed E-state index contributed by atoms with van der Waals surface area (Å²) < 4.78 is 0. The summed E-state index contributed by atoms with van der Waals surface area (Å²) in [6.07, 6.45) is 1.08. The molecule has 1 aromatic rings. The van der Waals surface area contributed by atoms with Crippen molar-refractivity contribution in [2.45, 2.75) is 33.2 Å². The molecule has 0 aromatic heterocycles. The number of hydrogen-bond donors (Lipinski definition) is 2. The highest BCUT2D eigenvalue weighted by molar-refractivity contribution is 6.34. The summed E-state index contributed by atoms with van der Waals surface area (Å²) in [6, 6.07) is 6.14. The van der Waals surface area contributed by atoms with Crippen LogP contribution in [0.25, 0.3) is 0 Å². The molecule has 0 saturated heterocycles. The molecular weight excluding hydrogens is 234 g/mol. The number of anilines is 1. The predicted octanol–water partition coefficient (Wildman–Crippen LogP) is 3.25. The van der Waals surface area contributed by atoms with Crippen LogP contribution < -0.4 is 10.6 Å². The highest BCUT2D eigenvalue weighted by Crippen LogP contribution is 2.25. The molecule has 0 spiro atoms. The highest BCUT2D eigenvalue weighted by Gasteiger charge is 2.13. The first kappa shape index (κ1) is 13.8. The van der Waals surface area contributed by atoms with Crippen molar-refractivity contribution in [3.05, 3.63) is 28.8 Å². The van der Waals surface area contributed by atoms with Crippen LogP contribution in [0.15, 0.2) is 18.2 Å². The smallest absolute Gasteiger partial charge is 0.124 e. The lowest BCUT2D eigenvalue weighted by molar-refractivity contribution is 0.630. The van der Waals surface area contributed by atoms with Crippen LogP contribution in [0.4, 0.5) is 5.69 Å². The van der Waals surface area contributed by atoms with Gasteiger partial charge in [-0.25, -0.2) is 0 Å². The van der Waals surface area contributed by atoms with E-state index in [1.54, 1.807) is 0 Å². The molecule has 0 heterocycles. The van der Waals surface area contributed by atoms with Gasteiger partial charge in [0.2, 0.25) is 0 Å². The van der Waals surface area contributed by atoms with Crippen LogP contribution in [0.1, 0.15) is 32.8 Å². The summed E-state index contributed by atoms with van der Waals surface area (Å²) in [6.45, 7) is 7.42. The maximum atomic E-state index is 7.40. The number of benzene rings is 1. The Morgan fingerprint density at radius 3 is 2.53 bits per heavy atom. The molecule has 0 radical (unpaired) electrons. The van der Waals surface area contributed by atoms with Gasteiger partial charge in [0.05, 0.1) is 5.02 Å². The Bertz CT molecular complexity index is 404. The molecule has 0 bridgehead atoms. The second-order valence-corrected chi connectivity index (χ2v) is 4.53. The highest BCUT2D eigenvalue weighted by atomic mass is 35.5. The van der Waals surface area contributed by atoms with Crippen LogP contribution >= 0.6 is 11.6 Å². The Morgan fingerprint density at radius 2 is 2.12 bits per heavy atom. The third kappa shape index (κ3) is 3.13. The molecule has 3 N–H and O–H groups in total. The lowest BCUT2D eigenvalue weighted by atomic mass is 10.1. The van der Waals surface area contributed by atoms with Gasteiger partial charge in [-0.05, 0) is 38.5 Å². The van der Waals surface area contributed by atoms with Crippen molar-refractivity contribution in [2.75, 3.05) is 11.4 Å². The first-order valence-corrected chi connectivity index (χ1v) is 6.29. The van der Waals surface area contributed by atoms with Gasteiger partial charge >= 0.3 is 0 Å². The van der Waals surface area contributed by atoms with Crippen molar-refractivity contribution in [2.24, 2.45) is 5.73 Å². The van der Waals surface area contributed by atoms with Crippen LogP contribution in [0, 0.1) is 5.41 Å². The van der Waals surface area contributed by atoms with Crippen molar-refractivity contribution in [1.29, 1.82) is 5.41 Å². The van der Waals surface area contributed by atoms with Gasteiger partial charge in [-0.3, -0.25) is 5.41 Å². The zero-order chi connectivity index (χ0) is 13.0. The minimum atomic E-state index is 0.00754. The Labute approximate surface area is 108 Å². The topological polar surface area (TPSA) is 53.1 Å². The molecule has 0 fully saturated rings. The molecule has 0 saturated carbocycles. The van der Waals surface area contributed by atoms with Crippen LogP contribution in [0.3, 0.4) is 0 Å². The number of halogens is 1. The Balaban J connectivity index is 3.07. The lowest BCUT2D eigenvalue weighted by Gasteiger charge is -2.29. The van der Waals surface area contributed by atoms with Gasteiger partial charge in [-0.2, -0.15) is 0 Å². The van der Waals surface area contributed by atoms with Crippen molar-refractivity contribution in [3.63, 3.8) is 0 Å². The molecule has 1 rings (SSSR count). The largest absolute Gasteiger partial charge is 0.384 e. The number of nitrogens with zero attached hydrogens (tertiary/aromatic N) is 1. The minimum absolute atomic E-state index is 0.00754. The van der Waals surface area contributed by atoms with Crippen LogP contribution in [-0.4, -0.2) is 18.4 Å². The van der Waals surface area contributed by atoms with E-state index >= 15 is 0 Å². The molecule has 0 aliphatic heterocycles. The van der Waals surface area contributed by atoms with E-state index in [-0.39, 0.29) is 5.84 Å². The first-order chi connectivity index (χ1) is 8.01. The SMILES string of the molecule is CCC(C)N(CC)c1ccc(C(=N)N)c(Cl)c1. The lowest BCUT2D eigenvalue weighted by Crippen LogP contribution is -2.32. The van der Waals surface area contributed by atoms with E-state index in [9.17, 15) is 0 Å². The average molecular weight is 254 g/mol. The number of nitrogen functional groups attached to an aromatic ring is 1. The molecule has 0 aliphatic carbocycles. The molecule has 1 atom stereocenters. The summed E-state index contributed by atoms with van der Waals surface area (Å²) in [4.78, 5) is 2.29. The zero-order valence-electron chi connectivity index (χ0n) is 10.6. The molecule has 0 aliphatic rings. The van der Waals surface area contributed by atoms with E-state index in [1.807, 2.05) is 18.2 Å². The molecule has 4 heteroatoms. The number of nitrogens with one attached hydrogen (secondary N) is 1. The maximum Gasteiger partial charge on any atom is 0.124 e. The molecule has 1 unspecified atom stereocenters. The monoisotopic (exact) mass is 253 g/mol. The fourth-order valence-corrected chi connectivity index (χ4v) is 2.15. The van der Waals surface area contributed by atoms with Gasteiger partial charge in [-0.15, -0.1) is 0 Å². The van der Waals surface area contributed by atoms with Gasteiger partial charge in [0, 0.05) is 23.8 Å². The van der Waals surface area contributed by atoms with E-state index in [1.165, 1.54) is 0 Å². The predicted molar refractivity (Wildman–Crippen MR) is 75.2 cm³/mol. The average Bonchev–Trinajstić information content (AvgIpc) is 2.29. The van der Waals surface area contributed by atoms with Gasteiger partial charge in [-0.1, -0.05) is 18.5 Å². The summed E-state index contributed by atoms with van der Waals surface area (Å²) in [5, 5.41) is 7.94. The standard InChI is InChI=1S/C13H20ClN3/c1-4-9(3)17(5-2)10-6-7-11(13(15)16)12(14)8-10/h6-9H,4-5H2,1-3H3,(H3,15,16). The fraction of sp³-hybridized carbons (Fsp3) is 0.462. The minimum Gasteiger partial charge on any atom is -0.384 e. The number of nitrogens with two attached hydrogens (primary N) is 1. The van der Waals surface area contributed by atoms with E-state index in [0.29, 0.717) is 16.6 Å². The molecule has 17 heavy (non-hydrogen) atoms. The van der Waals surface area contributed by atoms with Crippen molar-refractivity contribution in [3.8, 4) is 0 Å². The Hall–Kier alpha value is -1.22. The molecule has 1 aromatic carbocycles. The second-order valence-electron chi connectivity index (χ2n) is 4.12. The zero-order valence-corrected chi connectivity index (χ0v) is 11.4. The summed E-state index contributed by atoms with van der Waals surface area (Å²) in [5.41, 5.74) is 7.12. The van der Waals surface area contributed by atoms with Crippen molar-refractivity contribution >= 4 is 23.1 Å². The van der Waals surface area contributed by atoms with E-state index in [4.69, 9.17) is 22.7 Å². The number of amidine groups is 1. The molecule has 3 nitrogen and oxygen atoms in total. The Morgan fingerprint density at radius 1 is 1.47 bits per heavy atom. The van der Waals surface area contributed by atoms with Gasteiger partial charge in [0.25, 0.3) is 0 Å². The number of hydrogen-bond acceptors (Lipinski definition) is 2. The fourth-order valence-electron chi connectivity index (χ4n) is 1.87. The van der Waals surface area contributed by atoms with Gasteiger partial charge in [0.15, 0.2) is 0 Å². The third-order valence-corrected chi connectivity index (χ3v) is 3.35. The normalized spacial score (nSPS) is 12.2. The third-order valence-electron chi connectivity index (χ3n) is 3.04. The molecular formula is C13H20ClN3. The number of rotatable bonds is 5. The quantitative estimate of drug-likeness (QED) is 0.625. The molecule has 94 valence electrons. The van der Waals surface area contributed by atoms with E-state index in [0.717, 1.165) is 18.7 Å². The van der Waals surface area contributed by atoms with Gasteiger partial charge < -0.3 is 10.6 Å². The molecule has 0 amide bonds. The summed E-state index contributed by atoms with van der Waals surface area (Å²) >= 11 is 6.13. The second kappa shape index (κ2) is 5.92. The van der Waals surface area contributed by atoms with Gasteiger partial charge in [0.1, 0.15) is 5.84 Å². The van der Waals surface area contributed by atoms with Crippen LogP contribution in [-0.2, 0) is 0 Å². The van der Waals surface area contributed by atoms with Crippen molar-refractivity contribution < 1.29 is 0 Å². The van der Waals surface area contributed by atoms with Crippen LogP contribution in [0.2, 0.25) is 5.02 Å². The summed E-state index contributed by atoms with van der Waals surface area (Å²) in [5.74, 6) is 0.00754. The maximum absolute atomic E-state index is 7.40. The van der Waals surface area contributed by atoms with E-state index < -0.39 is 0 Å². The summed E-state index contributed by atoms with van der Waals surface area (Å²) in [7, 11) is 0.